The maximum Gasteiger partial charge on any atom is 0.0804 e. The van der Waals surface area contributed by atoms with Gasteiger partial charge >= 0.3 is 0 Å². The van der Waals surface area contributed by atoms with Crippen molar-refractivity contribution in [3.63, 3.8) is 0 Å². The van der Waals surface area contributed by atoms with E-state index < -0.39 is 0 Å². The van der Waals surface area contributed by atoms with Crippen LogP contribution in [0.5, 0.6) is 0 Å². The van der Waals surface area contributed by atoms with E-state index in [1.165, 1.54) is 58.0 Å². The predicted octanol–water partition coefficient (Wildman–Crippen LogP) is 0.462. The van der Waals surface area contributed by atoms with E-state index in [1.807, 2.05) is 0 Å². The number of ether oxygens (including phenoxy) is 1. The molecule has 0 unspecified atom stereocenters. The smallest absolute Gasteiger partial charge is 0.0804 e. The fourth-order valence-electron chi connectivity index (χ4n) is 5.15. The maximum atomic E-state index is 6.47. The monoisotopic (exact) mass is 393 g/mol. The lowest BCUT2D eigenvalue weighted by Gasteiger charge is -2.56. The van der Waals surface area contributed by atoms with Gasteiger partial charge in [0.05, 0.1) is 39.4 Å². The third-order valence-corrected chi connectivity index (χ3v) is 6.15. The summed E-state index contributed by atoms with van der Waals surface area (Å²) < 4.78 is 7.60. The fourth-order valence-corrected chi connectivity index (χ4v) is 5.15. The van der Waals surface area contributed by atoms with Crippen LogP contribution in [0.1, 0.15) is 51.9 Å². The number of rotatable bonds is 6. The van der Waals surface area contributed by atoms with Gasteiger partial charge in [-0.1, -0.05) is 0 Å². The van der Waals surface area contributed by atoms with Crippen LogP contribution < -0.4 is 24.0 Å². The van der Waals surface area contributed by atoms with Crippen molar-refractivity contribution in [2.24, 2.45) is 17.8 Å². The van der Waals surface area contributed by atoms with Crippen molar-refractivity contribution < 1.29 is 33.2 Å². The highest BCUT2D eigenvalue weighted by Gasteiger charge is 2.51. The molecule has 0 saturated heterocycles. The molecule has 4 aliphatic rings. The molecule has 4 rings (SSSR count). The molecule has 118 valence electrons. The topological polar surface area (TPSA) is 9.23 Å². The second-order valence-electron chi connectivity index (χ2n) is 8.28. The first-order valence-corrected chi connectivity index (χ1v) is 8.46. The van der Waals surface area contributed by atoms with Crippen molar-refractivity contribution >= 4 is 0 Å². The lowest BCUT2D eigenvalue weighted by Crippen LogP contribution is -3.00. The van der Waals surface area contributed by atoms with Crippen LogP contribution in [0.4, 0.5) is 0 Å². The first-order valence-electron chi connectivity index (χ1n) is 8.46. The summed E-state index contributed by atoms with van der Waals surface area (Å²) in [6.45, 7) is 5.74. The normalized spacial score (nSPS) is 38.9. The van der Waals surface area contributed by atoms with Crippen molar-refractivity contribution in [1.82, 2.24) is 0 Å². The number of hydrogen-bond donors (Lipinski definition) is 0. The van der Waals surface area contributed by atoms with Gasteiger partial charge in [0.1, 0.15) is 0 Å². The molecule has 4 aliphatic carbocycles. The van der Waals surface area contributed by atoms with Crippen LogP contribution in [0.15, 0.2) is 0 Å². The van der Waals surface area contributed by atoms with E-state index in [4.69, 9.17) is 4.74 Å². The minimum absolute atomic E-state index is 0. The molecule has 0 aliphatic heterocycles. The Kier molecular flexibility index (Phi) is 5.45. The van der Waals surface area contributed by atoms with E-state index in [0.29, 0.717) is 5.60 Å². The summed E-state index contributed by atoms with van der Waals surface area (Å²) in [5, 5.41) is 0. The van der Waals surface area contributed by atoms with Gasteiger partial charge in [0.15, 0.2) is 0 Å². The molecule has 0 aromatic carbocycles. The van der Waals surface area contributed by atoms with E-state index in [9.17, 15) is 0 Å². The molecule has 20 heavy (non-hydrogen) atoms. The Hall–Kier alpha value is 0.650. The van der Waals surface area contributed by atoms with Crippen LogP contribution >= 0.6 is 0 Å². The van der Waals surface area contributed by atoms with Gasteiger partial charge in [-0.25, -0.2) is 0 Å². The van der Waals surface area contributed by atoms with E-state index in [0.717, 1.165) is 28.8 Å². The third kappa shape index (κ3) is 3.70. The Morgan fingerprint density at radius 3 is 1.95 bits per heavy atom. The standard InChI is InChI=1S/C17H32NO.HI/c1-4-18(2,3)6-5-7-19-17-11-14-8-15(12-17)10-16(9-14)13-17;/h14-16H,4-13H2,1-3H3;1H/q+1;/p-1. The highest BCUT2D eigenvalue weighted by Crippen LogP contribution is 2.57. The summed E-state index contributed by atoms with van der Waals surface area (Å²) in [4.78, 5) is 0. The van der Waals surface area contributed by atoms with E-state index in [-0.39, 0.29) is 24.0 Å². The van der Waals surface area contributed by atoms with Gasteiger partial charge in [-0.2, -0.15) is 0 Å². The Bertz CT molecular complexity index is 294. The van der Waals surface area contributed by atoms with Crippen LogP contribution in [0.2, 0.25) is 0 Å². The van der Waals surface area contributed by atoms with Crippen LogP contribution in [0.25, 0.3) is 0 Å². The molecule has 0 heterocycles. The molecular weight excluding hydrogens is 361 g/mol. The molecule has 0 amide bonds. The van der Waals surface area contributed by atoms with Gasteiger partial charge < -0.3 is 33.2 Å². The first kappa shape index (κ1) is 17.0. The number of hydrogen-bond acceptors (Lipinski definition) is 1. The first-order chi connectivity index (χ1) is 9.00. The van der Waals surface area contributed by atoms with Crippen molar-refractivity contribution in [1.29, 1.82) is 0 Å². The van der Waals surface area contributed by atoms with Gasteiger partial charge in [0.2, 0.25) is 0 Å². The third-order valence-electron chi connectivity index (χ3n) is 6.15. The second kappa shape index (κ2) is 6.41. The fraction of sp³-hybridized carbons (Fsp3) is 1.00. The number of halogens is 1. The quantitative estimate of drug-likeness (QED) is 0.362. The van der Waals surface area contributed by atoms with E-state index in [1.54, 1.807) is 0 Å². The molecule has 0 spiro atoms. The number of nitrogens with zero attached hydrogens (tertiary/aromatic N) is 1. The van der Waals surface area contributed by atoms with Crippen LogP contribution in [-0.4, -0.2) is 43.9 Å². The van der Waals surface area contributed by atoms with E-state index in [2.05, 4.69) is 21.0 Å². The van der Waals surface area contributed by atoms with Gasteiger partial charge in [0.25, 0.3) is 0 Å². The van der Waals surface area contributed by atoms with Crippen molar-refractivity contribution in [2.75, 3.05) is 33.8 Å². The minimum Gasteiger partial charge on any atom is -1.00 e. The molecule has 3 heteroatoms. The van der Waals surface area contributed by atoms with Gasteiger partial charge in [-0.15, -0.1) is 0 Å². The van der Waals surface area contributed by atoms with Gasteiger partial charge in [0, 0.05) is 6.42 Å². The molecule has 4 saturated carbocycles. The minimum atomic E-state index is 0. The summed E-state index contributed by atoms with van der Waals surface area (Å²) in [6, 6.07) is 0. The Balaban J connectivity index is 0.00000147. The Morgan fingerprint density at radius 1 is 1.00 bits per heavy atom. The lowest BCUT2D eigenvalue weighted by molar-refractivity contribution is -0.888. The van der Waals surface area contributed by atoms with Crippen LogP contribution in [0.3, 0.4) is 0 Å². The molecule has 4 bridgehead atoms. The zero-order chi connectivity index (χ0) is 13.5. The summed E-state index contributed by atoms with van der Waals surface area (Å²) in [6.07, 6.45) is 9.91. The summed E-state index contributed by atoms with van der Waals surface area (Å²) in [5.74, 6) is 3.03. The highest BCUT2D eigenvalue weighted by atomic mass is 127. The van der Waals surface area contributed by atoms with Crippen molar-refractivity contribution in [3.8, 4) is 0 Å². The van der Waals surface area contributed by atoms with Crippen molar-refractivity contribution in [3.05, 3.63) is 0 Å². The van der Waals surface area contributed by atoms with Gasteiger partial charge in [-0.05, 0) is 63.2 Å². The largest absolute Gasteiger partial charge is 1.00 e. The molecule has 0 aromatic rings. The molecular formula is C17H32INO. The Labute approximate surface area is 142 Å². The lowest BCUT2D eigenvalue weighted by atomic mass is 9.54. The molecule has 0 aromatic heterocycles. The highest BCUT2D eigenvalue weighted by molar-refractivity contribution is 5.03. The SMILES string of the molecule is CC[N+](C)(C)CCCOC12CC3CC(CC(C3)C1)C2.[I-]. The van der Waals surface area contributed by atoms with Crippen LogP contribution in [0, 0.1) is 17.8 Å². The van der Waals surface area contributed by atoms with Crippen LogP contribution in [-0.2, 0) is 4.74 Å². The summed E-state index contributed by atoms with van der Waals surface area (Å²) in [5.41, 5.74) is 0.318. The molecule has 0 radical (unpaired) electrons. The van der Waals surface area contributed by atoms with Gasteiger partial charge in [-0.3, -0.25) is 0 Å². The Morgan fingerprint density at radius 2 is 1.50 bits per heavy atom. The molecule has 0 atom stereocenters. The molecule has 4 fully saturated rings. The average Bonchev–Trinajstić information content (AvgIpc) is 2.33. The molecule has 2 nitrogen and oxygen atoms in total. The van der Waals surface area contributed by atoms with E-state index >= 15 is 0 Å². The second-order valence-corrected chi connectivity index (χ2v) is 8.28. The zero-order valence-corrected chi connectivity index (χ0v) is 15.7. The summed E-state index contributed by atoms with van der Waals surface area (Å²) >= 11 is 0. The number of quaternary nitrogens is 1. The maximum absolute atomic E-state index is 6.47. The summed E-state index contributed by atoms with van der Waals surface area (Å²) in [7, 11) is 4.65. The predicted molar refractivity (Wildman–Crippen MR) is 79.0 cm³/mol. The van der Waals surface area contributed by atoms with Crippen molar-refractivity contribution in [2.45, 2.75) is 57.5 Å². The molecule has 0 N–H and O–H groups in total. The zero-order valence-electron chi connectivity index (χ0n) is 13.5. The average molecular weight is 393 g/mol.